The van der Waals surface area contributed by atoms with Crippen LogP contribution in [0.3, 0.4) is 0 Å². The number of rotatable bonds is 4. The maximum Gasteiger partial charge on any atom is 0.257 e. The van der Waals surface area contributed by atoms with E-state index in [0.717, 1.165) is 22.2 Å². The zero-order chi connectivity index (χ0) is 22.1. The van der Waals surface area contributed by atoms with Gasteiger partial charge in [0.25, 0.3) is 5.91 Å². The molecule has 0 fully saturated rings. The SMILES string of the molecule is CCc1c(C)sc(NC(=O)c2cc(-c3ccc(Cl)cc3Cl)nc3ccccc23)c1C#N. The second kappa shape index (κ2) is 8.68. The van der Waals surface area contributed by atoms with Gasteiger partial charge < -0.3 is 5.32 Å². The Morgan fingerprint density at radius 1 is 1.19 bits per heavy atom. The summed E-state index contributed by atoms with van der Waals surface area (Å²) in [4.78, 5) is 19.1. The van der Waals surface area contributed by atoms with Gasteiger partial charge in [-0.3, -0.25) is 4.79 Å². The highest BCUT2D eigenvalue weighted by Gasteiger charge is 2.20. The van der Waals surface area contributed by atoms with Crippen LogP contribution >= 0.6 is 34.5 Å². The topological polar surface area (TPSA) is 65.8 Å². The first kappa shape index (κ1) is 21.3. The first-order chi connectivity index (χ1) is 14.9. The molecule has 0 bridgehead atoms. The number of nitriles is 1. The number of carbonyl (C=O) groups is 1. The highest BCUT2D eigenvalue weighted by Crippen LogP contribution is 2.35. The van der Waals surface area contributed by atoms with Crippen molar-refractivity contribution in [3.05, 3.63) is 80.1 Å². The second-order valence-corrected chi connectivity index (χ2v) is 9.03. The van der Waals surface area contributed by atoms with E-state index in [9.17, 15) is 10.1 Å². The number of amides is 1. The molecule has 154 valence electrons. The lowest BCUT2D eigenvalue weighted by Crippen LogP contribution is -2.13. The number of aromatic nitrogens is 1. The minimum absolute atomic E-state index is 0.301. The third-order valence-electron chi connectivity index (χ3n) is 5.07. The minimum Gasteiger partial charge on any atom is -0.312 e. The zero-order valence-corrected chi connectivity index (χ0v) is 19.1. The summed E-state index contributed by atoms with van der Waals surface area (Å²) in [6.45, 7) is 3.96. The minimum atomic E-state index is -0.301. The maximum absolute atomic E-state index is 13.3. The summed E-state index contributed by atoms with van der Waals surface area (Å²) in [7, 11) is 0. The Morgan fingerprint density at radius 2 is 1.97 bits per heavy atom. The van der Waals surface area contributed by atoms with Crippen LogP contribution in [0.5, 0.6) is 0 Å². The van der Waals surface area contributed by atoms with E-state index in [4.69, 9.17) is 28.2 Å². The molecule has 1 amide bonds. The van der Waals surface area contributed by atoms with Crippen LogP contribution in [0.2, 0.25) is 10.0 Å². The zero-order valence-electron chi connectivity index (χ0n) is 16.8. The van der Waals surface area contributed by atoms with Gasteiger partial charge in [-0.2, -0.15) is 5.26 Å². The van der Waals surface area contributed by atoms with Crippen LogP contribution in [-0.4, -0.2) is 10.9 Å². The predicted octanol–water partition coefficient (Wildman–Crippen LogP) is 7.26. The summed E-state index contributed by atoms with van der Waals surface area (Å²) in [5.74, 6) is -0.301. The number of benzene rings is 2. The van der Waals surface area contributed by atoms with Gasteiger partial charge in [0.05, 0.1) is 27.4 Å². The van der Waals surface area contributed by atoms with Crippen molar-refractivity contribution in [2.24, 2.45) is 0 Å². The first-order valence-corrected chi connectivity index (χ1v) is 11.2. The van der Waals surface area contributed by atoms with Gasteiger partial charge >= 0.3 is 0 Å². The molecule has 0 aliphatic carbocycles. The van der Waals surface area contributed by atoms with Crippen molar-refractivity contribution >= 4 is 56.3 Å². The summed E-state index contributed by atoms with van der Waals surface area (Å²) in [6, 6.07) is 16.6. The fourth-order valence-electron chi connectivity index (χ4n) is 3.58. The number of nitrogens with zero attached hydrogens (tertiary/aromatic N) is 2. The Labute approximate surface area is 194 Å². The fourth-order valence-corrected chi connectivity index (χ4v) is 5.18. The van der Waals surface area contributed by atoms with E-state index in [0.29, 0.717) is 42.9 Å². The molecule has 2 heterocycles. The van der Waals surface area contributed by atoms with Gasteiger partial charge in [-0.05, 0) is 49.2 Å². The lowest BCUT2D eigenvalue weighted by molar-refractivity contribution is 0.102. The van der Waals surface area contributed by atoms with Crippen LogP contribution in [-0.2, 0) is 6.42 Å². The van der Waals surface area contributed by atoms with Crippen LogP contribution in [0.1, 0.15) is 33.3 Å². The molecule has 2 aromatic heterocycles. The molecule has 0 aliphatic heterocycles. The Kier molecular flexibility index (Phi) is 5.97. The quantitative estimate of drug-likeness (QED) is 0.344. The molecule has 0 saturated heterocycles. The summed E-state index contributed by atoms with van der Waals surface area (Å²) in [5.41, 5.74) is 3.88. The van der Waals surface area contributed by atoms with Crippen molar-refractivity contribution in [2.75, 3.05) is 5.32 Å². The number of thiophene rings is 1. The number of hydrogen-bond donors (Lipinski definition) is 1. The number of carbonyl (C=O) groups excluding carboxylic acids is 1. The van der Waals surface area contributed by atoms with E-state index in [1.54, 1.807) is 24.3 Å². The number of anilines is 1. The molecule has 2 aromatic carbocycles. The van der Waals surface area contributed by atoms with Gasteiger partial charge in [-0.1, -0.05) is 48.3 Å². The van der Waals surface area contributed by atoms with Crippen molar-refractivity contribution in [1.82, 2.24) is 4.98 Å². The van der Waals surface area contributed by atoms with Crippen molar-refractivity contribution in [2.45, 2.75) is 20.3 Å². The van der Waals surface area contributed by atoms with E-state index < -0.39 is 0 Å². The molecule has 1 N–H and O–H groups in total. The molecule has 0 spiro atoms. The normalized spacial score (nSPS) is 10.8. The number of aryl methyl sites for hydroxylation is 1. The summed E-state index contributed by atoms with van der Waals surface area (Å²) in [5, 5.41) is 14.8. The molecule has 7 heteroatoms. The van der Waals surface area contributed by atoms with E-state index >= 15 is 0 Å². The van der Waals surface area contributed by atoms with Gasteiger partial charge in [0.15, 0.2) is 0 Å². The first-order valence-electron chi connectivity index (χ1n) is 9.61. The predicted molar refractivity (Wildman–Crippen MR) is 128 cm³/mol. The fraction of sp³-hybridized carbons (Fsp3) is 0.125. The van der Waals surface area contributed by atoms with Crippen LogP contribution < -0.4 is 5.32 Å². The average molecular weight is 466 g/mol. The molecule has 0 atom stereocenters. The number of hydrogen-bond acceptors (Lipinski definition) is 4. The number of halogens is 2. The summed E-state index contributed by atoms with van der Waals surface area (Å²) in [6.07, 6.45) is 0.735. The molecule has 0 unspecified atom stereocenters. The Bertz CT molecular complexity index is 1370. The van der Waals surface area contributed by atoms with Crippen LogP contribution in [0.15, 0.2) is 48.5 Å². The van der Waals surface area contributed by atoms with E-state index in [1.165, 1.54) is 11.3 Å². The molecule has 0 saturated carbocycles. The molecule has 31 heavy (non-hydrogen) atoms. The van der Waals surface area contributed by atoms with Gasteiger partial charge in [-0.25, -0.2) is 4.98 Å². The van der Waals surface area contributed by atoms with Crippen LogP contribution in [0.4, 0.5) is 5.00 Å². The van der Waals surface area contributed by atoms with E-state index in [-0.39, 0.29) is 5.91 Å². The highest BCUT2D eigenvalue weighted by molar-refractivity contribution is 7.16. The van der Waals surface area contributed by atoms with Crippen molar-refractivity contribution in [1.29, 1.82) is 5.26 Å². The monoisotopic (exact) mass is 465 g/mol. The largest absolute Gasteiger partial charge is 0.312 e. The smallest absolute Gasteiger partial charge is 0.257 e. The third kappa shape index (κ3) is 4.03. The molecule has 4 aromatic rings. The van der Waals surface area contributed by atoms with Gasteiger partial charge in [0.1, 0.15) is 11.1 Å². The third-order valence-corrected chi connectivity index (χ3v) is 6.68. The lowest BCUT2D eigenvalue weighted by Gasteiger charge is -2.11. The van der Waals surface area contributed by atoms with Crippen molar-refractivity contribution in [3.8, 4) is 17.3 Å². The maximum atomic E-state index is 13.3. The van der Waals surface area contributed by atoms with Crippen molar-refractivity contribution in [3.63, 3.8) is 0 Å². The van der Waals surface area contributed by atoms with Crippen molar-refractivity contribution < 1.29 is 4.79 Å². The number of nitrogens with one attached hydrogen (secondary N) is 1. The molecule has 4 rings (SSSR count). The summed E-state index contributed by atoms with van der Waals surface area (Å²) < 4.78 is 0. The lowest BCUT2D eigenvalue weighted by atomic mass is 10.0. The molecular weight excluding hydrogens is 449 g/mol. The van der Waals surface area contributed by atoms with Gasteiger partial charge in [0.2, 0.25) is 0 Å². The van der Waals surface area contributed by atoms with E-state index in [1.807, 2.05) is 38.1 Å². The van der Waals surface area contributed by atoms with E-state index in [2.05, 4.69) is 11.4 Å². The Morgan fingerprint density at radius 3 is 2.68 bits per heavy atom. The molecule has 0 aliphatic rings. The summed E-state index contributed by atoms with van der Waals surface area (Å²) >= 11 is 13.8. The number of para-hydroxylation sites is 1. The Hall–Kier alpha value is -2.91. The molecule has 0 radical (unpaired) electrons. The van der Waals surface area contributed by atoms with Crippen LogP contribution in [0.25, 0.3) is 22.2 Å². The second-order valence-electron chi connectivity index (χ2n) is 6.96. The highest BCUT2D eigenvalue weighted by atomic mass is 35.5. The molecular formula is C24H17Cl2N3OS. The van der Waals surface area contributed by atoms with Gasteiger partial charge in [-0.15, -0.1) is 11.3 Å². The average Bonchev–Trinajstić information content (AvgIpc) is 3.06. The standard InChI is InChI=1S/C24H17Cl2N3OS/c1-3-15-13(2)31-24(19(15)12-27)29-23(30)18-11-22(17-9-8-14(25)10-20(17)26)28-21-7-5-4-6-16(18)21/h4-11H,3H2,1-2H3,(H,29,30). The number of fused-ring (bicyclic) bond motifs is 1. The Balaban J connectivity index is 1.84. The van der Waals surface area contributed by atoms with Crippen LogP contribution in [0, 0.1) is 18.3 Å². The number of pyridine rings is 1. The molecule has 4 nitrogen and oxygen atoms in total. The van der Waals surface area contributed by atoms with Gasteiger partial charge in [0, 0.05) is 20.8 Å².